The van der Waals surface area contributed by atoms with E-state index in [1.165, 1.54) is 77.0 Å². The Labute approximate surface area is 270 Å². The second kappa shape index (κ2) is 14.6. The van der Waals surface area contributed by atoms with Crippen LogP contribution in [0.1, 0.15) is 160 Å². The van der Waals surface area contributed by atoms with Gasteiger partial charge >= 0.3 is 5.97 Å². The molecule has 0 N–H and O–H groups in total. The van der Waals surface area contributed by atoms with E-state index in [9.17, 15) is 4.79 Å². The summed E-state index contributed by atoms with van der Waals surface area (Å²) in [5, 5.41) is 0. The first-order chi connectivity index (χ1) is 21.2. The van der Waals surface area contributed by atoms with Gasteiger partial charge in [0.05, 0.1) is 5.56 Å². The first kappa shape index (κ1) is 33.4. The lowest BCUT2D eigenvalue weighted by molar-refractivity contribution is -0.0594. The van der Waals surface area contributed by atoms with E-state index in [0.717, 1.165) is 66.8 Å². The minimum absolute atomic E-state index is 0.00244. The van der Waals surface area contributed by atoms with Crippen molar-refractivity contribution in [2.45, 2.75) is 150 Å². The van der Waals surface area contributed by atoms with Gasteiger partial charge in [-0.3, -0.25) is 0 Å². The zero-order valence-corrected chi connectivity index (χ0v) is 29.1. The molecule has 3 saturated carbocycles. The van der Waals surface area contributed by atoms with Crippen molar-refractivity contribution in [3.8, 4) is 11.8 Å². The molecule has 0 amide bonds. The van der Waals surface area contributed by atoms with Crippen molar-refractivity contribution >= 4 is 5.97 Å². The molecular formula is C42H62O2. The average Bonchev–Trinajstić information content (AvgIpc) is 3.36. The molecule has 0 spiro atoms. The number of carbonyl (C=O) groups excluding carboxylic acids is 1. The molecule has 242 valence electrons. The van der Waals surface area contributed by atoms with E-state index in [-0.39, 0.29) is 17.5 Å². The van der Waals surface area contributed by atoms with Crippen LogP contribution in [0.2, 0.25) is 0 Å². The third-order valence-corrected chi connectivity index (χ3v) is 13.0. The fraction of sp³-hybridized carbons (Fsp3) is 0.738. The van der Waals surface area contributed by atoms with Crippen molar-refractivity contribution in [1.82, 2.24) is 0 Å². The minimum atomic E-state index is -0.181. The number of ether oxygens (including phenoxy) is 1. The molecule has 2 nitrogen and oxygen atoms in total. The molecule has 1 aromatic carbocycles. The van der Waals surface area contributed by atoms with Crippen molar-refractivity contribution < 1.29 is 9.53 Å². The lowest BCUT2D eigenvalue weighted by Gasteiger charge is -2.58. The molecule has 44 heavy (non-hydrogen) atoms. The first-order valence-electron chi connectivity index (χ1n) is 18.6. The fourth-order valence-corrected chi connectivity index (χ4v) is 10.5. The Morgan fingerprint density at radius 1 is 0.932 bits per heavy atom. The van der Waals surface area contributed by atoms with E-state index >= 15 is 0 Å². The van der Waals surface area contributed by atoms with Crippen LogP contribution in [-0.2, 0) is 4.74 Å². The number of unbranched alkanes of at least 4 members (excludes halogenated alkanes) is 4. The minimum Gasteiger partial charge on any atom is -0.458 e. The summed E-state index contributed by atoms with van der Waals surface area (Å²) in [6.45, 7) is 14.8. The van der Waals surface area contributed by atoms with E-state index in [4.69, 9.17) is 4.74 Å². The van der Waals surface area contributed by atoms with Gasteiger partial charge in [-0.25, -0.2) is 4.79 Å². The Bertz CT molecular complexity index is 1200. The van der Waals surface area contributed by atoms with Gasteiger partial charge in [0.1, 0.15) is 6.10 Å². The highest BCUT2D eigenvalue weighted by Gasteiger charge is 2.59. The van der Waals surface area contributed by atoms with Gasteiger partial charge < -0.3 is 4.74 Å². The Morgan fingerprint density at radius 2 is 1.73 bits per heavy atom. The number of rotatable bonds is 11. The number of allylic oxidation sites excluding steroid dienone is 1. The number of fused-ring (bicyclic) bond motifs is 5. The molecular weight excluding hydrogens is 536 g/mol. The van der Waals surface area contributed by atoms with E-state index in [2.05, 4.69) is 59.5 Å². The smallest absolute Gasteiger partial charge is 0.338 e. The van der Waals surface area contributed by atoms with E-state index in [1.54, 1.807) is 5.57 Å². The van der Waals surface area contributed by atoms with Crippen LogP contribution in [0.5, 0.6) is 0 Å². The second-order valence-corrected chi connectivity index (χ2v) is 16.2. The number of hydrogen-bond acceptors (Lipinski definition) is 2. The average molecular weight is 599 g/mol. The van der Waals surface area contributed by atoms with E-state index in [0.29, 0.717) is 11.0 Å². The van der Waals surface area contributed by atoms with Crippen molar-refractivity contribution in [3.63, 3.8) is 0 Å². The lowest BCUT2D eigenvalue weighted by Crippen LogP contribution is -2.51. The number of carbonyl (C=O) groups is 1. The molecule has 8 atom stereocenters. The standard InChI is InChI=1S/C42H62O2/c1-7-8-9-10-11-12-16-32-17-19-33(20-18-32)40(43)44-35-25-27-41(5)34(29-35)21-22-36-38-24-23-37(31(4)15-13-14-30(2)3)42(38,6)28-26-39(36)41/h17-21,30-31,35-39H,7-11,13-15,22-29H2,1-6H3/t31-,35+,36+,37-,38+,39+,41+,42-/m1/s1. The van der Waals surface area contributed by atoms with Crippen LogP contribution in [0.3, 0.4) is 0 Å². The van der Waals surface area contributed by atoms with Crippen LogP contribution in [0.4, 0.5) is 0 Å². The summed E-state index contributed by atoms with van der Waals surface area (Å²) in [5.74, 6) is 11.5. The largest absolute Gasteiger partial charge is 0.458 e. The summed E-state index contributed by atoms with van der Waals surface area (Å²) in [4.78, 5) is 13.1. The lowest BCUT2D eigenvalue weighted by atomic mass is 9.47. The Morgan fingerprint density at radius 3 is 2.48 bits per heavy atom. The molecule has 0 aliphatic heterocycles. The van der Waals surface area contributed by atoms with Gasteiger partial charge in [0.2, 0.25) is 0 Å². The summed E-state index contributed by atoms with van der Waals surface area (Å²) in [6, 6.07) is 7.71. The third-order valence-electron chi connectivity index (χ3n) is 13.0. The number of hydrogen-bond donors (Lipinski definition) is 0. The highest BCUT2D eigenvalue weighted by molar-refractivity contribution is 5.89. The monoisotopic (exact) mass is 598 g/mol. The molecule has 5 rings (SSSR count). The van der Waals surface area contributed by atoms with E-state index < -0.39 is 0 Å². The molecule has 0 radical (unpaired) electrons. The van der Waals surface area contributed by atoms with Crippen molar-refractivity contribution in [3.05, 3.63) is 47.0 Å². The summed E-state index contributed by atoms with van der Waals surface area (Å²) >= 11 is 0. The number of esters is 1. The zero-order valence-electron chi connectivity index (χ0n) is 29.1. The Kier molecular flexibility index (Phi) is 11.1. The molecule has 0 unspecified atom stereocenters. The van der Waals surface area contributed by atoms with Crippen molar-refractivity contribution in [2.24, 2.45) is 46.3 Å². The summed E-state index contributed by atoms with van der Waals surface area (Å²) < 4.78 is 6.14. The van der Waals surface area contributed by atoms with Gasteiger partial charge in [0.25, 0.3) is 0 Å². The fourth-order valence-electron chi connectivity index (χ4n) is 10.5. The van der Waals surface area contributed by atoms with Crippen LogP contribution in [0.15, 0.2) is 35.9 Å². The summed E-state index contributed by atoms with van der Waals surface area (Å²) in [5.41, 5.74) is 4.02. The maximum absolute atomic E-state index is 13.1. The zero-order chi connectivity index (χ0) is 31.3. The predicted octanol–water partition coefficient (Wildman–Crippen LogP) is 11.6. The molecule has 0 bridgehead atoms. The molecule has 4 aliphatic rings. The SMILES string of the molecule is CCCCCCC#Cc1ccc(C(=O)O[C@H]2CC[C@@]3(C)C(=CC[C@H]4[C@@H]5CC[C@H]([C@H](C)CCCC(C)C)[C@@]5(C)CC[C@@H]43)C2)cc1. The van der Waals surface area contributed by atoms with E-state index in [1.807, 2.05) is 24.3 Å². The second-order valence-electron chi connectivity index (χ2n) is 16.2. The Balaban J connectivity index is 1.16. The predicted molar refractivity (Wildman–Crippen MR) is 184 cm³/mol. The van der Waals surface area contributed by atoms with Gasteiger partial charge in [-0.1, -0.05) is 104 Å². The molecule has 4 aliphatic carbocycles. The molecule has 2 heteroatoms. The maximum Gasteiger partial charge on any atom is 0.338 e. The highest BCUT2D eigenvalue weighted by atomic mass is 16.5. The van der Waals surface area contributed by atoms with Crippen LogP contribution >= 0.6 is 0 Å². The number of benzene rings is 1. The molecule has 0 heterocycles. The quantitative estimate of drug-likeness (QED) is 0.110. The Hall–Kier alpha value is -2.01. The van der Waals surface area contributed by atoms with Gasteiger partial charge in [0.15, 0.2) is 0 Å². The molecule has 0 saturated heterocycles. The van der Waals surface area contributed by atoms with Crippen LogP contribution < -0.4 is 0 Å². The van der Waals surface area contributed by atoms with Gasteiger partial charge in [0, 0.05) is 18.4 Å². The highest BCUT2D eigenvalue weighted by Crippen LogP contribution is 2.67. The first-order valence-corrected chi connectivity index (χ1v) is 18.6. The topological polar surface area (TPSA) is 26.3 Å². The van der Waals surface area contributed by atoms with Crippen LogP contribution in [0, 0.1) is 58.2 Å². The molecule has 3 fully saturated rings. The molecule has 0 aromatic heterocycles. The van der Waals surface area contributed by atoms with Gasteiger partial charge in [-0.2, -0.15) is 0 Å². The van der Waals surface area contributed by atoms with Crippen molar-refractivity contribution in [1.29, 1.82) is 0 Å². The van der Waals surface area contributed by atoms with Gasteiger partial charge in [-0.05, 0) is 122 Å². The van der Waals surface area contributed by atoms with Gasteiger partial charge in [-0.15, -0.1) is 0 Å². The third kappa shape index (κ3) is 7.18. The summed E-state index contributed by atoms with van der Waals surface area (Å²) in [6.07, 6.45) is 22.7. The summed E-state index contributed by atoms with van der Waals surface area (Å²) in [7, 11) is 0. The van der Waals surface area contributed by atoms with Crippen LogP contribution in [-0.4, -0.2) is 12.1 Å². The normalized spacial score (nSPS) is 33.3. The maximum atomic E-state index is 13.1. The van der Waals surface area contributed by atoms with Crippen LogP contribution in [0.25, 0.3) is 0 Å². The van der Waals surface area contributed by atoms with Crippen molar-refractivity contribution in [2.75, 3.05) is 0 Å². The molecule has 1 aromatic rings.